The number of halogens is 1. The molecule has 3 rings (SSSR count). The Morgan fingerprint density at radius 2 is 2.39 bits per heavy atom. The van der Waals surface area contributed by atoms with Crippen molar-refractivity contribution in [2.24, 2.45) is 5.73 Å². The molecule has 0 aliphatic carbocycles. The summed E-state index contributed by atoms with van der Waals surface area (Å²) in [7, 11) is 0. The fourth-order valence-corrected chi connectivity index (χ4v) is 3.49. The molecule has 0 amide bonds. The van der Waals surface area contributed by atoms with Crippen LogP contribution in [0.3, 0.4) is 0 Å². The average Bonchev–Trinajstić information content (AvgIpc) is 2.89. The maximum atomic E-state index is 5.52. The number of aryl methyl sites for hydroxylation is 1. The molecule has 3 aromatic heterocycles. The topological polar surface area (TPSA) is 68.2 Å². The van der Waals surface area contributed by atoms with Crippen molar-refractivity contribution in [3.8, 4) is 0 Å². The van der Waals surface area contributed by atoms with Crippen molar-refractivity contribution in [3.63, 3.8) is 0 Å². The van der Waals surface area contributed by atoms with E-state index in [1.807, 2.05) is 19.2 Å². The predicted octanol–water partition coefficient (Wildman–Crippen LogP) is 2.39. The van der Waals surface area contributed by atoms with E-state index in [9.17, 15) is 0 Å². The van der Waals surface area contributed by atoms with Gasteiger partial charge in [-0.1, -0.05) is 0 Å². The van der Waals surface area contributed by atoms with Gasteiger partial charge in [0.05, 0.1) is 3.79 Å². The summed E-state index contributed by atoms with van der Waals surface area (Å²) >= 11 is 5.16. The molecule has 0 aliphatic heterocycles. The fourth-order valence-electron chi connectivity index (χ4n) is 1.92. The fraction of sp³-hybridized carbons (Fsp3) is 0.273. The van der Waals surface area contributed by atoms with Gasteiger partial charge in [-0.25, -0.2) is 9.97 Å². The smallest absolute Gasteiger partial charge is 0.181 e. The van der Waals surface area contributed by atoms with Crippen molar-refractivity contribution < 1.29 is 0 Å². The van der Waals surface area contributed by atoms with Gasteiger partial charge < -0.3 is 11.1 Å². The quantitative estimate of drug-likeness (QED) is 0.775. The lowest BCUT2D eigenvalue weighted by atomic mass is 10.4. The van der Waals surface area contributed by atoms with Gasteiger partial charge in [-0.15, -0.1) is 11.3 Å². The zero-order chi connectivity index (χ0) is 12.7. The summed E-state index contributed by atoms with van der Waals surface area (Å²) in [4.78, 5) is 10.1. The number of hydrogen-bond acceptors (Lipinski definition) is 5. The van der Waals surface area contributed by atoms with Crippen molar-refractivity contribution in [2.75, 3.05) is 18.4 Å². The van der Waals surface area contributed by atoms with Crippen LogP contribution in [0.15, 0.2) is 16.0 Å². The van der Waals surface area contributed by atoms with Crippen molar-refractivity contribution in [1.82, 2.24) is 14.4 Å². The van der Waals surface area contributed by atoms with E-state index in [1.54, 1.807) is 11.3 Å². The number of nitrogens with zero attached hydrogens (tertiary/aromatic N) is 3. The molecule has 0 unspecified atom stereocenters. The summed E-state index contributed by atoms with van der Waals surface area (Å²) < 4.78 is 3.19. The average molecular weight is 326 g/mol. The van der Waals surface area contributed by atoms with Crippen LogP contribution in [0.25, 0.3) is 16.0 Å². The molecule has 5 nitrogen and oxygen atoms in total. The molecule has 0 bridgehead atoms. The van der Waals surface area contributed by atoms with Crippen LogP contribution in [0.5, 0.6) is 0 Å². The minimum Gasteiger partial charge on any atom is -0.366 e. The van der Waals surface area contributed by atoms with Gasteiger partial charge in [-0.2, -0.15) is 0 Å². The van der Waals surface area contributed by atoms with E-state index in [4.69, 9.17) is 5.73 Å². The number of rotatable bonds is 3. The van der Waals surface area contributed by atoms with Crippen LogP contribution in [0, 0.1) is 6.92 Å². The van der Waals surface area contributed by atoms with Crippen LogP contribution in [0.1, 0.15) is 5.69 Å². The van der Waals surface area contributed by atoms with Crippen LogP contribution >= 0.6 is 27.3 Å². The highest BCUT2D eigenvalue weighted by molar-refractivity contribution is 9.11. The van der Waals surface area contributed by atoms with Crippen LogP contribution in [-0.2, 0) is 0 Å². The van der Waals surface area contributed by atoms with E-state index in [2.05, 4.69) is 35.6 Å². The Morgan fingerprint density at radius 3 is 3.17 bits per heavy atom. The van der Waals surface area contributed by atoms with E-state index in [0.29, 0.717) is 13.1 Å². The Balaban J connectivity index is 2.33. The molecule has 0 aromatic carbocycles. The highest BCUT2D eigenvalue weighted by Gasteiger charge is 2.13. The van der Waals surface area contributed by atoms with Gasteiger partial charge in [-0.05, 0) is 28.9 Å². The van der Waals surface area contributed by atoms with Crippen LogP contribution in [0.2, 0.25) is 0 Å². The normalized spacial score (nSPS) is 11.5. The van der Waals surface area contributed by atoms with E-state index in [1.165, 1.54) is 0 Å². The standard InChI is InChI=1S/C11H12BrN5S/c1-6-5-15-10-9(14-3-2-13)16-7-4-8(12)18-11(7)17(6)10/h4-5H,2-3,13H2,1H3,(H,14,16). The number of nitrogens with two attached hydrogens (primary N) is 1. The number of hydrogen-bond donors (Lipinski definition) is 2. The maximum Gasteiger partial charge on any atom is 0.181 e. The number of aromatic nitrogens is 3. The Hall–Kier alpha value is -1.18. The van der Waals surface area contributed by atoms with Gasteiger partial charge in [0.1, 0.15) is 10.3 Å². The SMILES string of the molecule is Cc1cnc2c(NCCN)nc3cc(Br)sc3n12. The Labute approximate surface area is 116 Å². The third-order valence-electron chi connectivity index (χ3n) is 2.69. The first-order valence-electron chi connectivity index (χ1n) is 5.57. The molecule has 0 fully saturated rings. The first-order chi connectivity index (χ1) is 8.70. The monoisotopic (exact) mass is 325 g/mol. The molecule has 0 aliphatic rings. The van der Waals surface area contributed by atoms with Gasteiger partial charge in [-0.3, -0.25) is 4.40 Å². The maximum absolute atomic E-state index is 5.52. The molecule has 0 radical (unpaired) electrons. The largest absolute Gasteiger partial charge is 0.366 e. The molecular formula is C11H12BrN5S. The van der Waals surface area contributed by atoms with Gasteiger partial charge in [0.2, 0.25) is 0 Å². The van der Waals surface area contributed by atoms with Gasteiger partial charge in [0.15, 0.2) is 11.5 Å². The third-order valence-corrected chi connectivity index (χ3v) is 4.30. The third kappa shape index (κ3) is 1.79. The molecule has 0 spiro atoms. The number of thiophene rings is 1. The molecule has 94 valence electrons. The van der Waals surface area contributed by atoms with Gasteiger partial charge in [0.25, 0.3) is 0 Å². The second kappa shape index (κ2) is 4.49. The minimum atomic E-state index is 0.568. The van der Waals surface area contributed by atoms with E-state index >= 15 is 0 Å². The Morgan fingerprint density at radius 1 is 1.56 bits per heavy atom. The number of fused-ring (bicyclic) bond motifs is 3. The van der Waals surface area contributed by atoms with Crippen molar-refractivity contribution >= 4 is 49.1 Å². The number of anilines is 1. The second-order valence-corrected chi connectivity index (χ2v) is 6.39. The highest BCUT2D eigenvalue weighted by atomic mass is 79.9. The lowest BCUT2D eigenvalue weighted by molar-refractivity contribution is 1.01. The second-order valence-electron chi connectivity index (χ2n) is 3.98. The number of nitrogens with one attached hydrogen (secondary N) is 1. The lowest BCUT2D eigenvalue weighted by Crippen LogP contribution is -2.14. The van der Waals surface area contributed by atoms with E-state index in [0.717, 1.165) is 31.3 Å². The van der Waals surface area contributed by atoms with Crippen LogP contribution in [0.4, 0.5) is 5.82 Å². The van der Waals surface area contributed by atoms with E-state index < -0.39 is 0 Å². The zero-order valence-corrected chi connectivity index (χ0v) is 12.2. The lowest BCUT2D eigenvalue weighted by Gasteiger charge is -2.07. The van der Waals surface area contributed by atoms with Crippen LogP contribution < -0.4 is 11.1 Å². The Bertz CT molecular complexity index is 717. The highest BCUT2D eigenvalue weighted by Crippen LogP contribution is 2.31. The first kappa shape index (κ1) is 11.9. The summed E-state index contributed by atoms with van der Waals surface area (Å²) in [5, 5.41) is 3.22. The van der Waals surface area contributed by atoms with Crippen molar-refractivity contribution in [2.45, 2.75) is 6.92 Å². The molecule has 3 aromatic rings. The van der Waals surface area contributed by atoms with Crippen molar-refractivity contribution in [1.29, 1.82) is 0 Å². The molecule has 0 saturated carbocycles. The summed E-state index contributed by atoms with van der Waals surface area (Å²) in [6.07, 6.45) is 1.86. The molecule has 0 saturated heterocycles. The summed E-state index contributed by atoms with van der Waals surface area (Å²) in [5.41, 5.74) is 8.43. The molecule has 18 heavy (non-hydrogen) atoms. The molecule has 3 heterocycles. The predicted molar refractivity (Wildman–Crippen MR) is 78.4 cm³/mol. The molecule has 0 atom stereocenters. The minimum absolute atomic E-state index is 0.568. The zero-order valence-electron chi connectivity index (χ0n) is 9.77. The molecule has 3 N–H and O–H groups in total. The van der Waals surface area contributed by atoms with Crippen LogP contribution in [-0.4, -0.2) is 27.5 Å². The van der Waals surface area contributed by atoms with Gasteiger partial charge in [0, 0.05) is 25.0 Å². The summed E-state index contributed by atoms with van der Waals surface area (Å²) in [6.45, 7) is 3.30. The van der Waals surface area contributed by atoms with Gasteiger partial charge >= 0.3 is 0 Å². The van der Waals surface area contributed by atoms with Crippen molar-refractivity contribution in [3.05, 3.63) is 21.7 Å². The first-order valence-corrected chi connectivity index (χ1v) is 7.18. The number of imidazole rings is 1. The molecular weight excluding hydrogens is 314 g/mol. The summed E-state index contributed by atoms with van der Waals surface area (Å²) in [6, 6.07) is 2.02. The van der Waals surface area contributed by atoms with E-state index in [-0.39, 0.29) is 0 Å². The summed E-state index contributed by atoms with van der Waals surface area (Å²) in [5.74, 6) is 0.784. The Kier molecular flexibility index (Phi) is 2.96. The molecule has 7 heteroatoms.